The van der Waals surface area contributed by atoms with E-state index in [1.54, 1.807) is 23.3 Å². The standard InChI is InChI=1S/C18H24N6O/c1-23-14(7-10-22-23)12-21-17(25)16-11-13-5-2-3-6-15(13)24(16)18-19-8-4-9-20-18/h4,7-10,13,15-16H,2-3,5-6,11-12H2,1H3,(H,21,25)/t13-,15+,16-/m0/s1. The molecule has 0 unspecified atom stereocenters. The molecule has 1 saturated heterocycles. The van der Waals surface area contributed by atoms with E-state index in [-0.39, 0.29) is 11.9 Å². The molecule has 2 fully saturated rings. The van der Waals surface area contributed by atoms with Gasteiger partial charge in [-0.3, -0.25) is 9.48 Å². The first kappa shape index (κ1) is 16.1. The van der Waals surface area contributed by atoms with Crippen LogP contribution in [0, 0.1) is 5.92 Å². The quantitative estimate of drug-likeness (QED) is 0.916. The summed E-state index contributed by atoms with van der Waals surface area (Å²) in [6.07, 6.45) is 10.9. The van der Waals surface area contributed by atoms with Crippen LogP contribution in [0.1, 0.15) is 37.8 Å². The van der Waals surface area contributed by atoms with Gasteiger partial charge in [-0.05, 0) is 37.3 Å². The number of anilines is 1. The van der Waals surface area contributed by atoms with E-state index in [1.165, 1.54) is 19.3 Å². The molecule has 2 aromatic rings. The summed E-state index contributed by atoms with van der Waals surface area (Å²) in [6, 6.07) is 3.93. The van der Waals surface area contributed by atoms with Crippen molar-refractivity contribution in [3.63, 3.8) is 0 Å². The number of hydrogen-bond donors (Lipinski definition) is 1. The Kier molecular flexibility index (Phi) is 4.38. The lowest BCUT2D eigenvalue weighted by atomic mass is 9.85. The van der Waals surface area contributed by atoms with E-state index in [0.29, 0.717) is 24.5 Å². The molecule has 7 heteroatoms. The average Bonchev–Trinajstić information content (AvgIpc) is 3.23. The van der Waals surface area contributed by atoms with Crippen LogP contribution in [-0.4, -0.2) is 37.7 Å². The second-order valence-corrected chi connectivity index (χ2v) is 6.98. The molecule has 2 aliphatic rings. The van der Waals surface area contributed by atoms with E-state index < -0.39 is 0 Å². The van der Waals surface area contributed by atoms with Crippen LogP contribution in [0.5, 0.6) is 0 Å². The molecule has 1 saturated carbocycles. The maximum atomic E-state index is 12.9. The predicted octanol–water partition coefficient (Wildman–Crippen LogP) is 1.66. The summed E-state index contributed by atoms with van der Waals surface area (Å²) in [5, 5.41) is 7.23. The van der Waals surface area contributed by atoms with Crippen LogP contribution < -0.4 is 10.2 Å². The molecular weight excluding hydrogens is 316 g/mol. The first-order valence-electron chi connectivity index (χ1n) is 9.04. The zero-order chi connectivity index (χ0) is 17.2. The first-order chi connectivity index (χ1) is 12.2. The zero-order valence-corrected chi connectivity index (χ0v) is 14.5. The number of hydrogen-bond acceptors (Lipinski definition) is 5. The maximum absolute atomic E-state index is 12.9. The highest BCUT2D eigenvalue weighted by Crippen LogP contribution is 2.41. The van der Waals surface area contributed by atoms with Gasteiger partial charge in [-0.25, -0.2) is 9.97 Å². The third kappa shape index (κ3) is 3.10. The summed E-state index contributed by atoms with van der Waals surface area (Å²) in [4.78, 5) is 24.0. The van der Waals surface area contributed by atoms with Gasteiger partial charge >= 0.3 is 0 Å². The van der Waals surface area contributed by atoms with Crippen LogP contribution >= 0.6 is 0 Å². The third-order valence-corrected chi connectivity index (χ3v) is 5.54. The number of carbonyl (C=O) groups is 1. The van der Waals surface area contributed by atoms with Gasteiger partial charge < -0.3 is 10.2 Å². The van der Waals surface area contributed by atoms with Gasteiger partial charge in [-0.1, -0.05) is 12.8 Å². The van der Waals surface area contributed by atoms with Crippen molar-refractivity contribution < 1.29 is 4.79 Å². The Morgan fingerprint density at radius 2 is 2.04 bits per heavy atom. The van der Waals surface area contributed by atoms with Gasteiger partial charge in [0.25, 0.3) is 0 Å². The summed E-state index contributed by atoms with van der Waals surface area (Å²) >= 11 is 0. The van der Waals surface area contributed by atoms with Gasteiger partial charge in [0.1, 0.15) is 6.04 Å². The molecule has 0 bridgehead atoms. The average molecular weight is 340 g/mol. The molecule has 1 aliphatic carbocycles. The number of nitrogens with zero attached hydrogens (tertiary/aromatic N) is 5. The fourth-order valence-corrected chi connectivity index (χ4v) is 4.28. The molecule has 7 nitrogen and oxygen atoms in total. The normalized spacial score (nSPS) is 25.6. The van der Waals surface area contributed by atoms with Gasteiger partial charge in [-0.15, -0.1) is 0 Å². The highest BCUT2D eigenvalue weighted by Gasteiger charge is 2.46. The minimum Gasteiger partial charge on any atom is -0.349 e. The monoisotopic (exact) mass is 340 g/mol. The summed E-state index contributed by atoms with van der Waals surface area (Å²) in [5.41, 5.74) is 0.992. The van der Waals surface area contributed by atoms with Crippen molar-refractivity contribution in [2.24, 2.45) is 13.0 Å². The van der Waals surface area contributed by atoms with Gasteiger partial charge in [0, 0.05) is 31.7 Å². The summed E-state index contributed by atoms with van der Waals surface area (Å²) in [6.45, 7) is 0.491. The smallest absolute Gasteiger partial charge is 0.243 e. The van der Waals surface area contributed by atoms with Gasteiger partial charge in [-0.2, -0.15) is 5.10 Å². The molecule has 0 spiro atoms. The highest BCUT2D eigenvalue weighted by atomic mass is 16.2. The Morgan fingerprint density at radius 1 is 1.24 bits per heavy atom. The fraction of sp³-hybridized carbons (Fsp3) is 0.556. The summed E-state index contributed by atoms with van der Waals surface area (Å²) < 4.78 is 1.78. The van der Waals surface area contributed by atoms with Crippen molar-refractivity contribution in [1.29, 1.82) is 0 Å². The Hall–Kier alpha value is -2.44. The number of carbonyl (C=O) groups excluding carboxylic acids is 1. The van der Waals surface area contributed by atoms with Crippen molar-refractivity contribution in [1.82, 2.24) is 25.1 Å². The molecule has 3 heterocycles. The van der Waals surface area contributed by atoms with Gasteiger partial charge in [0.15, 0.2) is 0 Å². The van der Waals surface area contributed by atoms with E-state index in [0.717, 1.165) is 18.5 Å². The molecule has 25 heavy (non-hydrogen) atoms. The molecule has 1 N–H and O–H groups in total. The lowest BCUT2D eigenvalue weighted by Gasteiger charge is -2.33. The molecule has 132 valence electrons. The van der Waals surface area contributed by atoms with Crippen LogP contribution in [-0.2, 0) is 18.4 Å². The zero-order valence-electron chi connectivity index (χ0n) is 14.5. The van der Waals surface area contributed by atoms with Crippen LogP contribution in [0.25, 0.3) is 0 Å². The summed E-state index contributed by atoms with van der Waals surface area (Å²) in [7, 11) is 1.88. The van der Waals surface area contributed by atoms with E-state index in [4.69, 9.17) is 0 Å². The number of aromatic nitrogens is 4. The maximum Gasteiger partial charge on any atom is 0.243 e. The second-order valence-electron chi connectivity index (χ2n) is 6.98. The Morgan fingerprint density at radius 3 is 2.80 bits per heavy atom. The van der Waals surface area contributed by atoms with Crippen molar-refractivity contribution in [2.45, 2.75) is 50.7 Å². The minimum atomic E-state index is -0.191. The lowest BCUT2D eigenvalue weighted by molar-refractivity contribution is -0.122. The molecule has 2 aromatic heterocycles. The number of fused-ring (bicyclic) bond motifs is 1. The van der Waals surface area contributed by atoms with Crippen LogP contribution in [0.2, 0.25) is 0 Å². The SMILES string of the molecule is Cn1nccc1CNC(=O)[C@@H]1C[C@@H]2CCCC[C@H]2N1c1ncccn1. The molecular formula is C18H24N6O. The van der Waals surface area contributed by atoms with Crippen molar-refractivity contribution in [3.05, 3.63) is 36.4 Å². The predicted molar refractivity (Wildman–Crippen MR) is 93.7 cm³/mol. The van der Waals surface area contributed by atoms with E-state index in [1.807, 2.05) is 19.2 Å². The molecule has 0 aromatic carbocycles. The van der Waals surface area contributed by atoms with Crippen molar-refractivity contribution in [2.75, 3.05) is 4.90 Å². The highest BCUT2D eigenvalue weighted by molar-refractivity contribution is 5.85. The second kappa shape index (κ2) is 6.82. The minimum absolute atomic E-state index is 0.0584. The van der Waals surface area contributed by atoms with Crippen molar-refractivity contribution >= 4 is 11.9 Å². The van der Waals surface area contributed by atoms with Crippen LogP contribution in [0.4, 0.5) is 5.95 Å². The van der Waals surface area contributed by atoms with Crippen LogP contribution in [0.15, 0.2) is 30.7 Å². The summed E-state index contributed by atoms with van der Waals surface area (Å²) in [5.74, 6) is 1.30. The van der Waals surface area contributed by atoms with E-state index in [9.17, 15) is 4.79 Å². The third-order valence-electron chi connectivity index (χ3n) is 5.54. The fourth-order valence-electron chi connectivity index (χ4n) is 4.28. The first-order valence-corrected chi connectivity index (χ1v) is 9.04. The molecule has 0 radical (unpaired) electrons. The number of aryl methyl sites for hydroxylation is 1. The van der Waals surface area contributed by atoms with Crippen LogP contribution in [0.3, 0.4) is 0 Å². The van der Waals surface area contributed by atoms with Gasteiger partial charge in [0.2, 0.25) is 11.9 Å². The van der Waals surface area contributed by atoms with Gasteiger partial charge in [0.05, 0.1) is 12.2 Å². The molecule has 1 aliphatic heterocycles. The number of amides is 1. The molecule has 1 amide bonds. The Labute approximate surface area is 147 Å². The topological polar surface area (TPSA) is 75.9 Å². The number of nitrogens with one attached hydrogen (secondary N) is 1. The molecule has 4 rings (SSSR count). The largest absolute Gasteiger partial charge is 0.349 e. The Balaban J connectivity index is 1.53. The van der Waals surface area contributed by atoms with E-state index >= 15 is 0 Å². The lowest BCUT2D eigenvalue weighted by Crippen LogP contribution is -2.47. The number of rotatable bonds is 4. The molecule has 3 atom stereocenters. The van der Waals surface area contributed by atoms with E-state index in [2.05, 4.69) is 25.3 Å². The van der Waals surface area contributed by atoms with Crippen molar-refractivity contribution in [3.8, 4) is 0 Å². The Bertz CT molecular complexity index is 730.